The summed E-state index contributed by atoms with van der Waals surface area (Å²) in [6.07, 6.45) is 3.32. The average Bonchev–Trinajstić information content (AvgIpc) is 2.68. The number of fused-ring (bicyclic) bond motifs is 1. The maximum Gasteiger partial charge on any atom is 0.138 e. The van der Waals surface area contributed by atoms with Gasteiger partial charge in [0.1, 0.15) is 10.7 Å². The van der Waals surface area contributed by atoms with E-state index in [2.05, 4.69) is 41.9 Å². The van der Waals surface area contributed by atoms with Gasteiger partial charge in [0.25, 0.3) is 0 Å². The highest BCUT2D eigenvalue weighted by Gasteiger charge is 2.11. The molecule has 2 rings (SSSR count). The van der Waals surface area contributed by atoms with Gasteiger partial charge in [-0.1, -0.05) is 19.9 Å². The molecule has 0 unspecified atom stereocenters. The Morgan fingerprint density at radius 2 is 2.22 bits per heavy atom. The van der Waals surface area contributed by atoms with Gasteiger partial charge in [-0.3, -0.25) is 0 Å². The number of imidazole rings is 1. The molecule has 0 saturated heterocycles. The number of nitrogens with zero attached hydrogens (tertiary/aromatic N) is 2. The zero-order chi connectivity index (χ0) is 13.0. The minimum absolute atomic E-state index is 0.752. The Bertz CT molecular complexity index is 505. The molecule has 3 nitrogen and oxygen atoms in total. The van der Waals surface area contributed by atoms with Crippen LogP contribution in [-0.4, -0.2) is 22.2 Å². The van der Waals surface area contributed by atoms with Gasteiger partial charge in [0, 0.05) is 12.7 Å². The molecular weight excluding hydrogens is 242 g/mol. The Morgan fingerprint density at radius 3 is 2.94 bits per heavy atom. The third-order valence-electron chi connectivity index (χ3n) is 2.87. The lowest BCUT2D eigenvalue weighted by atomic mass is 10.2. The molecule has 0 atom stereocenters. The molecule has 0 bridgehead atoms. The summed E-state index contributed by atoms with van der Waals surface area (Å²) in [5, 5.41) is 4.39. The molecule has 0 aromatic carbocycles. The molecule has 1 N–H and O–H groups in total. The number of nitrogens with one attached hydrogen (secondary N) is 1. The summed E-state index contributed by atoms with van der Waals surface area (Å²) in [5.41, 5.74) is 2.30. The normalized spacial score (nSPS) is 11.6. The van der Waals surface area contributed by atoms with Crippen molar-refractivity contribution in [1.82, 2.24) is 14.7 Å². The Hall–Kier alpha value is -1.00. The summed E-state index contributed by atoms with van der Waals surface area (Å²) < 4.78 is 2.17. The van der Waals surface area contributed by atoms with Crippen molar-refractivity contribution in [3.8, 4) is 0 Å². The fourth-order valence-corrected chi connectivity index (χ4v) is 3.14. The first-order valence-corrected chi connectivity index (χ1v) is 7.44. The van der Waals surface area contributed by atoms with E-state index in [1.165, 1.54) is 12.1 Å². The first kappa shape index (κ1) is 13.4. The van der Waals surface area contributed by atoms with Crippen LogP contribution in [-0.2, 0) is 6.54 Å². The van der Waals surface area contributed by atoms with E-state index in [9.17, 15) is 0 Å². The first-order chi connectivity index (χ1) is 8.72. The third kappa shape index (κ3) is 3.06. The van der Waals surface area contributed by atoms with Crippen LogP contribution in [0.15, 0.2) is 29.4 Å². The number of hydrogen-bond donors (Lipinski definition) is 1. The van der Waals surface area contributed by atoms with E-state index in [1.54, 1.807) is 0 Å². The molecule has 0 saturated carbocycles. The van der Waals surface area contributed by atoms with E-state index in [0.29, 0.717) is 0 Å². The SMILES string of the molecule is CNCc1c(SCCC(C)C)nc2ccccn12. The number of hydrogen-bond acceptors (Lipinski definition) is 3. The topological polar surface area (TPSA) is 29.3 Å². The molecule has 4 heteroatoms. The standard InChI is InChI=1S/C14H21N3S/c1-11(2)7-9-18-14-12(10-15-3)17-8-5-4-6-13(17)16-14/h4-6,8,11,15H,7,9-10H2,1-3H3. The van der Waals surface area contributed by atoms with Gasteiger partial charge < -0.3 is 9.72 Å². The van der Waals surface area contributed by atoms with Crippen molar-refractivity contribution in [1.29, 1.82) is 0 Å². The molecule has 98 valence electrons. The fraction of sp³-hybridized carbons (Fsp3) is 0.500. The van der Waals surface area contributed by atoms with Crippen LogP contribution < -0.4 is 5.32 Å². The van der Waals surface area contributed by atoms with Crippen molar-refractivity contribution < 1.29 is 0 Å². The maximum atomic E-state index is 4.71. The molecule has 0 aliphatic carbocycles. The van der Waals surface area contributed by atoms with Gasteiger partial charge in [0.15, 0.2) is 0 Å². The Labute approximate surface area is 113 Å². The molecular formula is C14H21N3S. The molecule has 0 aliphatic heterocycles. The number of pyridine rings is 1. The van der Waals surface area contributed by atoms with Crippen molar-refractivity contribution in [3.05, 3.63) is 30.1 Å². The Kier molecular flexibility index (Phi) is 4.66. The predicted octanol–water partition coefficient (Wildman–Crippen LogP) is 3.19. The largest absolute Gasteiger partial charge is 0.314 e. The van der Waals surface area contributed by atoms with Crippen LogP contribution in [0.5, 0.6) is 0 Å². The summed E-state index contributed by atoms with van der Waals surface area (Å²) in [7, 11) is 1.98. The van der Waals surface area contributed by atoms with Gasteiger partial charge in [-0.2, -0.15) is 0 Å². The predicted molar refractivity (Wildman–Crippen MR) is 78.1 cm³/mol. The molecule has 2 heterocycles. The van der Waals surface area contributed by atoms with Crippen molar-refractivity contribution in [2.75, 3.05) is 12.8 Å². The van der Waals surface area contributed by atoms with Crippen LogP contribution in [0.1, 0.15) is 26.0 Å². The number of aromatic nitrogens is 2. The summed E-state index contributed by atoms with van der Waals surface area (Å²) >= 11 is 1.87. The highest BCUT2D eigenvalue weighted by atomic mass is 32.2. The summed E-state index contributed by atoms with van der Waals surface area (Å²) in [4.78, 5) is 4.71. The molecule has 0 spiro atoms. The van der Waals surface area contributed by atoms with Gasteiger partial charge in [-0.05, 0) is 37.3 Å². The van der Waals surface area contributed by atoms with Crippen molar-refractivity contribution in [2.45, 2.75) is 31.8 Å². The van der Waals surface area contributed by atoms with Gasteiger partial charge in [0.05, 0.1) is 5.69 Å². The van der Waals surface area contributed by atoms with Crippen LogP contribution >= 0.6 is 11.8 Å². The second-order valence-corrected chi connectivity index (χ2v) is 5.94. The van der Waals surface area contributed by atoms with Gasteiger partial charge in [-0.25, -0.2) is 4.98 Å². The quantitative estimate of drug-likeness (QED) is 0.812. The minimum Gasteiger partial charge on any atom is -0.314 e. The summed E-state index contributed by atoms with van der Waals surface area (Å²) in [6, 6.07) is 6.15. The van der Waals surface area contributed by atoms with Crippen molar-refractivity contribution in [2.24, 2.45) is 5.92 Å². The van der Waals surface area contributed by atoms with E-state index in [-0.39, 0.29) is 0 Å². The van der Waals surface area contributed by atoms with Gasteiger partial charge in [-0.15, -0.1) is 11.8 Å². The maximum absolute atomic E-state index is 4.71. The smallest absolute Gasteiger partial charge is 0.138 e. The summed E-state index contributed by atoms with van der Waals surface area (Å²) in [6.45, 7) is 5.38. The monoisotopic (exact) mass is 263 g/mol. The molecule has 2 aromatic rings. The molecule has 0 aliphatic rings. The van der Waals surface area contributed by atoms with Crippen LogP contribution in [0.4, 0.5) is 0 Å². The minimum atomic E-state index is 0.752. The summed E-state index contributed by atoms with van der Waals surface area (Å²) in [5.74, 6) is 1.89. The second-order valence-electron chi connectivity index (χ2n) is 4.85. The molecule has 0 amide bonds. The lowest BCUT2D eigenvalue weighted by Gasteiger charge is -2.05. The Balaban J connectivity index is 2.22. The number of thioether (sulfide) groups is 1. The average molecular weight is 263 g/mol. The lowest BCUT2D eigenvalue weighted by Crippen LogP contribution is -2.08. The van der Waals surface area contributed by atoms with E-state index in [4.69, 9.17) is 4.98 Å². The molecule has 18 heavy (non-hydrogen) atoms. The first-order valence-electron chi connectivity index (χ1n) is 6.45. The van der Waals surface area contributed by atoms with Gasteiger partial charge in [0.2, 0.25) is 0 Å². The van der Waals surface area contributed by atoms with Crippen molar-refractivity contribution in [3.63, 3.8) is 0 Å². The zero-order valence-electron chi connectivity index (χ0n) is 11.3. The number of rotatable bonds is 6. The highest BCUT2D eigenvalue weighted by molar-refractivity contribution is 7.99. The van der Waals surface area contributed by atoms with Crippen LogP contribution in [0.2, 0.25) is 0 Å². The lowest BCUT2D eigenvalue weighted by molar-refractivity contribution is 0.631. The van der Waals surface area contributed by atoms with E-state index >= 15 is 0 Å². The van der Waals surface area contributed by atoms with Crippen LogP contribution in [0.3, 0.4) is 0 Å². The van der Waals surface area contributed by atoms with E-state index in [0.717, 1.165) is 28.9 Å². The second kappa shape index (κ2) is 6.25. The fourth-order valence-electron chi connectivity index (χ4n) is 1.86. The molecule has 0 fully saturated rings. The highest BCUT2D eigenvalue weighted by Crippen LogP contribution is 2.25. The Morgan fingerprint density at radius 1 is 1.39 bits per heavy atom. The van der Waals surface area contributed by atoms with Crippen LogP contribution in [0, 0.1) is 5.92 Å². The molecule has 0 radical (unpaired) electrons. The van der Waals surface area contributed by atoms with Gasteiger partial charge >= 0.3 is 0 Å². The van der Waals surface area contributed by atoms with E-state index < -0.39 is 0 Å². The van der Waals surface area contributed by atoms with Crippen LogP contribution in [0.25, 0.3) is 5.65 Å². The van der Waals surface area contributed by atoms with E-state index in [1.807, 2.05) is 24.9 Å². The van der Waals surface area contributed by atoms with Crippen molar-refractivity contribution >= 4 is 17.4 Å². The zero-order valence-corrected chi connectivity index (χ0v) is 12.1. The third-order valence-corrected chi connectivity index (χ3v) is 3.91. The molecule has 2 aromatic heterocycles.